The van der Waals surface area contributed by atoms with Gasteiger partial charge in [-0.3, -0.25) is 0 Å². The summed E-state index contributed by atoms with van der Waals surface area (Å²) in [5.41, 5.74) is 4.72. The normalized spacial score (nSPS) is 11.6. The van der Waals surface area contributed by atoms with Gasteiger partial charge >= 0.3 is 0 Å². The first-order chi connectivity index (χ1) is 18.5. The quantitative estimate of drug-likeness (QED) is 0.248. The van der Waals surface area contributed by atoms with Crippen LogP contribution in [0.25, 0.3) is 32.9 Å². The lowest BCUT2D eigenvalue weighted by Crippen LogP contribution is -2.27. The highest BCUT2D eigenvalue weighted by molar-refractivity contribution is 7.93. The van der Waals surface area contributed by atoms with Crippen LogP contribution in [0.15, 0.2) is 126 Å². The van der Waals surface area contributed by atoms with Crippen molar-refractivity contribution < 1.29 is 8.42 Å². The van der Waals surface area contributed by atoms with Gasteiger partial charge < -0.3 is 9.88 Å². The van der Waals surface area contributed by atoms with Gasteiger partial charge in [-0.2, -0.15) is 0 Å². The summed E-state index contributed by atoms with van der Waals surface area (Å²) < 4.78 is 30.8. The van der Waals surface area contributed by atoms with E-state index < -0.39 is 10.0 Å². The standard InChI is InChI=1S/C32H27N3O2S/c1-34(2)29-21-22-30(26-18-10-9-17-25(26)29)35(38(36,37)24-15-7-4-8-16-24)32-27-19-11-12-20-28(27)33-31(32)23-13-5-3-6-14-23/h3-22,33H,1-2H3. The minimum atomic E-state index is -4.02. The van der Waals surface area contributed by atoms with Crippen molar-refractivity contribution in [3.8, 4) is 11.3 Å². The number of nitrogens with zero attached hydrogens (tertiary/aromatic N) is 2. The fourth-order valence-electron chi connectivity index (χ4n) is 5.05. The van der Waals surface area contributed by atoms with Crippen molar-refractivity contribution in [2.24, 2.45) is 0 Å². The van der Waals surface area contributed by atoms with Crippen LogP contribution in [0.4, 0.5) is 17.1 Å². The first-order valence-electron chi connectivity index (χ1n) is 12.4. The van der Waals surface area contributed by atoms with Gasteiger partial charge in [0.25, 0.3) is 10.0 Å². The highest BCUT2D eigenvalue weighted by Crippen LogP contribution is 2.46. The fourth-order valence-corrected chi connectivity index (χ4v) is 6.61. The number of para-hydroxylation sites is 1. The van der Waals surface area contributed by atoms with E-state index in [0.717, 1.165) is 38.6 Å². The molecule has 0 saturated carbocycles. The number of aromatic amines is 1. The average molecular weight is 518 g/mol. The molecule has 0 aliphatic heterocycles. The lowest BCUT2D eigenvalue weighted by Gasteiger charge is -2.28. The van der Waals surface area contributed by atoms with Crippen molar-refractivity contribution in [3.63, 3.8) is 0 Å². The van der Waals surface area contributed by atoms with E-state index in [1.807, 2.05) is 116 Å². The van der Waals surface area contributed by atoms with Crippen LogP contribution in [-0.2, 0) is 10.0 Å². The van der Waals surface area contributed by atoms with E-state index in [1.54, 1.807) is 24.3 Å². The van der Waals surface area contributed by atoms with Gasteiger partial charge in [0, 0.05) is 47.0 Å². The number of H-pyrrole nitrogens is 1. The third-order valence-electron chi connectivity index (χ3n) is 6.80. The monoisotopic (exact) mass is 517 g/mol. The van der Waals surface area contributed by atoms with Gasteiger partial charge in [-0.15, -0.1) is 0 Å². The molecule has 5 aromatic carbocycles. The van der Waals surface area contributed by atoms with Gasteiger partial charge in [-0.25, -0.2) is 12.7 Å². The van der Waals surface area contributed by atoms with Crippen molar-refractivity contribution >= 4 is 48.8 Å². The van der Waals surface area contributed by atoms with Gasteiger partial charge in [-0.05, 0) is 30.3 Å². The number of sulfonamides is 1. The van der Waals surface area contributed by atoms with Crippen LogP contribution in [0.3, 0.4) is 0 Å². The number of nitrogens with one attached hydrogen (secondary N) is 1. The summed E-state index contributed by atoms with van der Waals surface area (Å²) in [6.07, 6.45) is 0. The van der Waals surface area contributed by atoms with Crippen LogP contribution in [0.2, 0.25) is 0 Å². The summed E-state index contributed by atoms with van der Waals surface area (Å²) in [7, 11) is -0.0376. The van der Waals surface area contributed by atoms with Crippen molar-refractivity contribution in [2.45, 2.75) is 4.90 Å². The van der Waals surface area contributed by atoms with Gasteiger partial charge in [0.2, 0.25) is 0 Å². The molecule has 1 heterocycles. The SMILES string of the molecule is CN(C)c1ccc(N(c2c(-c3ccccc3)[nH]c3ccccc23)S(=O)(=O)c2ccccc2)c2ccccc12. The number of hydrogen-bond acceptors (Lipinski definition) is 3. The number of benzene rings is 5. The molecule has 38 heavy (non-hydrogen) atoms. The predicted molar refractivity (Wildman–Crippen MR) is 158 cm³/mol. The fraction of sp³-hybridized carbons (Fsp3) is 0.0625. The Bertz CT molecular complexity index is 1860. The first-order valence-corrected chi connectivity index (χ1v) is 13.9. The molecule has 6 aromatic rings. The zero-order chi connectivity index (χ0) is 26.3. The van der Waals surface area contributed by atoms with E-state index in [9.17, 15) is 8.42 Å². The molecule has 1 N–H and O–H groups in total. The summed E-state index contributed by atoms with van der Waals surface area (Å²) in [6, 6.07) is 38.2. The van der Waals surface area contributed by atoms with Crippen molar-refractivity contribution in [2.75, 3.05) is 23.3 Å². The maximum atomic E-state index is 14.6. The smallest absolute Gasteiger partial charge is 0.268 e. The van der Waals surface area contributed by atoms with Crippen LogP contribution >= 0.6 is 0 Å². The largest absolute Gasteiger partial charge is 0.377 e. The van der Waals surface area contributed by atoms with E-state index >= 15 is 0 Å². The molecule has 0 amide bonds. The molecule has 0 radical (unpaired) electrons. The van der Waals surface area contributed by atoms with E-state index in [1.165, 1.54) is 4.31 Å². The van der Waals surface area contributed by atoms with Crippen molar-refractivity contribution in [1.82, 2.24) is 4.98 Å². The van der Waals surface area contributed by atoms with Crippen LogP contribution < -0.4 is 9.21 Å². The van der Waals surface area contributed by atoms with Crippen LogP contribution in [0, 0.1) is 0 Å². The Hall–Kier alpha value is -4.55. The van der Waals surface area contributed by atoms with Crippen LogP contribution in [-0.4, -0.2) is 27.5 Å². The molecule has 0 unspecified atom stereocenters. The van der Waals surface area contributed by atoms with E-state index in [2.05, 4.69) is 4.98 Å². The number of aromatic nitrogens is 1. The Morgan fingerprint density at radius 1 is 0.579 bits per heavy atom. The number of rotatable bonds is 6. The molecule has 0 aliphatic rings. The Morgan fingerprint density at radius 3 is 1.76 bits per heavy atom. The third-order valence-corrected chi connectivity index (χ3v) is 8.53. The van der Waals surface area contributed by atoms with Gasteiger partial charge in [0.15, 0.2) is 0 Å². The second-order valence-corrected chi connectivity index (χ2v) is 11.2. The molecular weight excluding hydrogens is 490 g/mol. The summed E-state index contributed by atoms with van der Waals surface area (Å²) >= 11 is 0. The molecule has 0 bridgehead atoms. The van der Waals surface area contributed by atoms with Gasteiger partial charge in [-0.1, -0.05) is 91.0 Å². The summed E-state index contributed by atoms with van der Waals surface area (Å²) in [6.45, 7) is 0. The molecule has 5 nitrogen and oxygen atoms in total. The molecule has 1 aromatic heterocycles. The number of anilines is 3. The van der Waals surface area contributed by atoms with E-state index in [4.69, 9.17) is 0 Å². The topological polar surface area (TPSA) is 56.4 Å². The second kappa shape index (κ2) is 9.39. The number of fused-ring (bicyclic) bond motifs is 2. The van der Waals surface area contributed by atoms with Gasteiger partial charge in [0.1, 0.15) is 0 Å². The van der Waals surface area contributed by atoms with Crippen LogP contribution in [0.5, 0.6) is 0 Å². The molecule has 0 saturated heterocycles. The summed E-state index contributed by atoms with van der Waals surface area (Å²) in [5.74, 6) is 0. The Labute approximate surface area is 222 Å². The zero-order valence-corrected chi connectivity index (χ0v) is 22.0. The molecule has 188 valence electrons. The molecule has 6 rings (SSSR count). The molecule has 0 fully saturated rings. The van der Waals surface area contributed by atoms with Gasteiger partial charge in [0.05, 0.1) is 22.0 Å². The van der Waals surface area contributed by atoms with E-state index in [-0.39, 0.29) is 4.90 Å². The van der Waals surface area contributed by atoms with E-state index in [0.29, 0.717) is 11.4 Å². The maximum Gasteiger partial charge on any atom is 0.268 e. The molecular formula is C32H27N3O2S. The minimum absolute atomic E-state index is 0.227. The second-order valence-electron chi connectivity index (χ2n) is 9.39. The highest BCUT2D eigenvalue weighted by Gasteiger charge is 2.33. The Balaban J connectivity index is 1.76. The Kier molecular flexibility index (Phi) is 5.89. The lowest BCUT2D eigenvalue weighted by molar-refractivity contribution is 0.596. The van der Waals surface area contributed by atoms with Crippen LogP contribution in [0.1, 0.15) is 0 Å². The summed E-state index contributed by atoms with van der Waals surface area (Å²) in [5, 5.41) is 2.65. The minimum Gasteiger partial charge on any atom is -0.377 e. The molecule has 0 spiro atoms. The first kappa shape index (κ1) is 23.8. The summed E-state index contributed by atoms with van der Waals surface area (Å²) in [4.78, 5) is 5.79. The third kappa shape index (κ3) is 3.90. The number of hydrogen-bond donors (Lipinski definition) is 1. The average Bonchev–Trinajstić information content (AvgIpc) is 3.33. The molecule has 0 atom stereocenters. The van der Waals surface area contributed by atoms with Crippen molar-refractivity contribution in [3.05, 3.63) is 121 Å². The zero-order valence-electron chi connectivity index (χ0n) is 21.2. The van der Waals surface area contributed by atoms with Crippen molar-refractivity contribution in [1.29, 1.82) is 0 Å². The highest BCUT2D eigenvalue weighted by atomic mass is 32.2. The Morgan fingerprint density at radius 2 is 1.11 bits per heavy atom. The predicted octanol–water partition coefficient (Wildman–Crippen LogP) is 7.58. The molecule has 6 heteroatoms. The lowest BCUT2D eigenvalue weighted by atomic mass is 10.0. The maximum absolute atomic E-state index is 14.6. The molecule has 0 aliphatic carbocycles.